The van der Waals surface area contributed by atoms with E-state index in [1.165, 1.54) is 12.8 Å². The highest BCUT2D eigenvalue weighted by molar-refractivity contribution is 6.31. The van der Waals surface area contributed by atoms with Crippen LogP contribution in [0, 0.1) is 17.8 Å². The fraction of sp³-hybridized carbons (Fsp3) is 0.562. The van der Waals surface area contributed by atoms with Crippen LogP contribution in [-0.4, -0.2) is 23.7 Å². The molecule has 20 heavy (non-hydrogen) atoms. The molecule has 0 heterocycles. The molecule has 3 rings (SSSR count). The third kappa shape index (κ3) is 2.57. The summed E-state index contributed by atoms with van der Waals surface area (Å²) in [6, 6.07) is 7.59. The summed E-state index contributed by atoms with van der Waals surface area (Å²) in [4.78, 5) is 12.2. The number of hydrogen-bond donors (Lipinski definition) is 2. The standard InChI is InChI=1S/C16H20ClNO2/c17-14-4-2-1-3-11(14)8-15(20)18-16-12-6-5-10(7-12)13(16)9-19/h1-4,10,12-13,16,19H,5-9H2,(H,18,20). The Morgan fingerprint density at radius 1 is 1.30 bits per heavy atom. The second kappa shape index (κ2) is 5.74. The third-order valence-electron chi connectivity index (χ3n) is 4.94. The van der Waals surface area contributed by atoms with E-state index in [4.69, 9.17) is 11.6 Å². The van der Waals surface area contributed by atoms with Crippen molar-refractivity contribution in [2.24, 2.45) is 17.8 Å². The lowest BCUT2D eigenvalue weighted by Crippen LogP contribution is -2.45. The molecule has 2 bridgehead atoms. The molecule has 1 amide bonds. The summed E-state index contributed by atoms with van der Waals surface area (Å²) in [6.07, 6.45) is 3.85. The first-order valence-electron chi connectivity index (χ1n) is 7.32. The molecule has 4 heteroatoms. The van der Waals surface area contributed by atoms with E-state index in [9.17, 15) is 9.90 Å². The second-order valence-corrected chi connectivity index (χ2v) is 6.45. The molecule has 4 unspecified atom stereocenters. The summed E-state index contributed by atoms with van der Waals surface area (Å²) in [5.74, 6) is 1.39. The first-order valence-corrected chi connectivity index (χ1v) is 7.70. The number of carbonyl (C=O) groups excluding carboxylic acids is 1. The minimum Gasteiger partial charge on any atom is -0.396 e. The number of hydrogen-bond acceptors (Lipinski definition) is 2. The van der Waals surface area contributed by atoms with Crippen LogP contribution < -0.4 is 5.32 Å². The van der Waals surface area contributed by atoms with Crippen molar-refractivity contribution in [2.75, 3.05) is 6.61 Å². The number of fused-ring (bicyclic) bond motifs is 2. The average Bonchev–Trinajstić information content (AvgIpc) is 3.02. The Morgan fingerprint density at radius 3 is 2.80 bits per heavy atom. The topological polar surface area (TPSA) is 49.3 Å². The monoisotopic (exact) mass is 293 g/mol. The van der Waals surface area contributed by atoms with Gasteiger partial charge in [0.05, 0.1) is 6.42 Å². The minimum absolute atomic E-state index is 0.00843. The first-order chi connectivity index (χ1) is 9.69. The number of benzene rings is 1. The molecule has 3 nitrogen and oxygen atoms in total. The highest BCUT2D eigenvalue weighted by atomic mass is 35.5. The van der Waals surface area contributed by atoms with Gasteiger partial charge in [0.15, 0.2) is 0 Å². The van der Waals surface area contributed by atoms with Crippen molar-refractivity contribution in [3.05, 3.63) is 34.9 Å². The van der Waals surface area contributed by atoms with Crippen LogP contribution in [0.1, 0.15) is 24.8 Å². The van der Waals surface area contributed by atoms with Gasteiger partial charge in [-0.15, -0.1) is 0 Å². The Balaban J connectivity index is 1.63. The lowest BCUT2D eigenvalue weighted by molar-refractivity contribution is -0.122. The van der Waals surface area contributed by atoms with Gasteiger partial charge < -0.3 is 10.4 Å². The Bertz CT molecular complexity index is 505. The van der Waals surface area contributed by atoms with Crippen molar-refractivity contribution < 1.29 is 9.90 Å². The van der Waals surface area contributed by atoms with E-state index in [-0.39, 0.29) is 24.5 Å². The van der Waals surface area contributed by atoms with Gasteiger partial charge in [0, 0.05) is 23.6 Å². The lowest BCUT2D eigenvalue weighted by Gasteiger charge is -2.30. The highest BCUT2D eigenvalue weighted by Crippen LogP contribution is 2.48. The van der Waals surface area contributed by atoms with Gasteiger partial charge in [-0.25, -0.2) is 0 Å². The smallest absolute Gasteiger partial charge is 0.224 e. The first kappa shape index (κ1) is 13.9. The maximum absolute atomic E-state index is 12.2. The normalized spacial score (nSPS) is 31.5. The van der Waals surface area contributed by atoms with Crippen LogP contribution in [0.4, 0.5) is 0 Å². The van der Waals surface area contributed by atoms with Gasteiger partial charge >= 0.3 is 0 Å². The predicted molar refractivity (Wildman–Crippen MR) is 78.5 cm³/mol. The lowest BCUT2D eigenvalue weighted by atomic mass is 9.85. The van der Waals surface area contributed by atoms with Gasteiger partial charge in [-0.1, -0.05) is 29.8 Å². The van der Waals surface area contributed by atoms with E-state index >= 15 is 0 Å². The van der Waals surface area contributed by atoms with Crippen molar-refractivity contribution in [1.82, 2.24) is 5.32 Å². The van der Waals surface area contributed by atoms with Crippen LogP contribution in [0.3, 0.4) is 0 Å². The summed E-state index contributed by atoms with van der Waals surface area (Å²) in [6.45, 7) is 0.179. The van der Waals surface area contributed by atoms with E-state index < -0.39 is 0 Å². The summed E-state index contributed by atoms with van der Waals surface area (Å²) in [7, 11) is 0. The maximum atomic E-state index is 12.2. The zero-order valence-corrected chi connectivity index (χ0v) is 12.1. The summed E-state index contributed by atoms with van der Waals surface area (Å²) >= 11 is 6.08. The molecule has 0 saturated heterocycles. The molecule has 2 aliphatic rings. The highest BCUT2D eigenvalue weighted by Gasteiger charge is 2.47. The number of aliphatic hydroxyl groups is 1. The van der Waals surface area contributed by atoms with Crippen molar-refractivity contribution in [2.45, 2.75) is 31.7 Å². The molecular weight excluding hydrogens is 274 g/mol. The molecule has 2 saturated carbocycles. The van der Waals surface area contributed by atoms with Crippen LogP contribution >= 0.6 is 11.6 Å². The Labute approximate surface area is 124 Å². The molecule has 2 aliphatic carbocycles. The van der Waals surface area contributed by atoms with Crippen molar-refractivity contribution >= 4 is 17.5 Å². The second-order valence-electron chi connectivity index (χ2n) is 6.04. The summed E-state index contributed by atoms with van der Waals surface area (Å²) in [5.41, 5.74) is 0.857. The van der Waals surface area contributed by atoms with E-state index in [1.54, 1.807) is 6.07 Å². The predicted octanol–water partition coefficient (Wildman–Crippen LogP) is 2.41. The third-order valence-corrected chi connectivity index (χ3v) is 5.30. The van der Waals surface area contributed by atoms with Gasteiger partial charge in [0.2, 0.25) is 5.91 Å². The molecule has 1 aromatic rings. The number of aliphatic hydroxyl groups excluding tert-OH is 1. The van der Waals surface area contributed by atoms with E-state index in [1.807, 2.05) is 18.2 Å². The molecule has 4 atom stereocenters. The van der Waals surface area contributed by atoms with Gasteiger partial charge in [-0.3, -0.25) is 4.79 Å². The maximum Gasteiger partial charge on any atom is 0.224 e. The minimum atomic E-state index is 0.00843. The molecule has 2 N–H and O–H groups in total. The molecule has 1 aromatic carbocycles. The number of halogens is 1. The molecule has 108 valence electrons. The molecular formula is C16H20ClNO2. The van der Waals surface area contributed by atoms with Gasteiger partial charge in [-0.2, -0.15) is 0 Å². The largest absolute Gasteiger partial charge is 0.396 e. The van der Waals surface area contributed by atoms with E-state index in [2.05, 4.69) is 5.32 Å². The van der Waals surface area contributed by atoms with Crippen LogP contribution in [0.5, 0.6) is 0 Å². The fourth-order valence-electron chi connectivity index (χ4n) is 3.95. The Morgan fingerprint density at radius 2 is 2.05 bits per heavy atom. The molecule has 0 aromatic heterocycles. The number of amides is 1. The fourth-order valence-corrected chi connectivity index (χ4v) is 4.15. The number of nitrogens with one attached hydrogen (secondary N) is 1. The van der Waals surface area contributed by atoms with Crippen LogP contribution in [-0.2, 0) is 11.2 Å². The van der Waals surface area contributed by atoms with Crippen LogP contribution in [0.15, 0.2) is 24.3 Å². The van der Waals surface area contributed by atoms with Gasteiger partial charge in [0.25, 0.3) is 0 Å². The van der Waals surface area contributed by atoms with Crippen LogP contribution in [0.2, 0.25) is 5.02 Å². The SMILES string of the molecule is O=C(Cc1ccccc1Cl)NC1C2CCC(C2)C1CO. The molecule has 0 spiro atoms. The Kier molecular flexibility index (Phi) is 3.99. The Hall–Kier alpha value is -1.06. The summed E-state index contributed by atoms with van der Waals surface area (Å²) in [5, 5.41) is 13.3. The van der Waals surface area contributed by atoms with Crippen molar-refractivity contribution in [1.29, 1.82) is 0 Å². The number of carbonyl (C=O) groups is 1. The van der Waals surface area contributed by atoms with Crippen molar-refractivity contribution in [3.8, 4) is 0 Å². The zero-order chi connectivity index (χ0) is 14.1. The van der Waals surface area contributed by atoms with Crippen LogP contribution in [0.25, 0.3) is 0 Å². The average molecular weight is 294 g/mol. The zero-order valence-electron chi connectivity index (χ0n) is 11.4. The molecule has 2 fully saturated rings. The quantitative estimate of drug-likeness (QED) is 0.896. The van der Waals surface area contributed by atoms with Gasteiger partial charge in [0.1, 0.15) is 0 Å². The molecule has 0 radical (unpaired) electrons. The van der Waals surface area contributed by atoms with Crippen molar-refractivity contribution in [3.63, 3.8) is 0 Å². The van der Waals surface area contributed by atoms with E-state index in [0.29, 0.717) is 23.3 Å². The van der Waals surface area contributed by atoms with Gasteiger partial charge in [-0.05, 0) is 42.7 Å². The van der Waals surface area contributed by atoms with E-state index in [0.717, 1.165) is 12.0 Å². The number of rotatable bonds is 4. The summed E-state index contributed by atoms with van der Waals surface area (Å²) < 4.78 is 0. The molecule has 0 aliphatic heterocycles.